The highest BCUT2D eigenvalue weighted by atomic mass is 16.4. The summed E-state index contributed by atoms with van der Waals surface area (Å²) in [7, 11) is 2.07. The number of aromatic carboxylic acids is 1. The van der Waals surface area contributed by atoms with E-state index in [4.69, 9.17) is 4.99 Å². The molecule has 0 radical (unpaired) electrons. The molecule has 2 aliphatic rings. The van der Waals surface area contributed by atoms with E-state index < -0.39 is 5.97 Å². The molecule has 0 saturated heterocycles. The SMILES string of the molecule is CN1c2ccc(CO)cc2N=C(c2ccc(C(=O)O)cc2)c2cc3c(cc21)C(C)(C)CCC3(C)C. The first-order valence-corrected chi connectivity index (χ1v) is 12.1. The van der Waals surface area contributed by atoms with Gasteiger partial charge in [0.1, 0.15) is 0 Å². The number of rotatable bonds is 3. The van der Waals surface area contributed by atoms with Crippen molar-refractivity contribution in [3.63, 3.8) is 0 Å². The first-order valence-electron chi connectivity index (χ1n) is 12.1. The fourth-order valence-corrected chi connectivity index (χ4v) is 5.41. The highest BCUT2D eigenvalue weighted by Gasteiger charge is 2.39. The molecule has 3 aromatic rings. The van der Waals surface area contributed by atoms with Crippen LogP contribution in [-0.2, 0) is 17.4 Å². The van der Waals surface area contributed by atoms with Crippen LogP contribution in [0, 0.1) is 0 Å². The third kappa shape index (κ3) is 3.84. The predicted molar refractivity (Wildman–Crippen MR) is 141 cm³/mol. The van der Waals surface area contributed by atoms with Crippen LogP contribution in [-0.4, -0.2) is 28.9 Å². The molecule has 0 unspecified atom stereocenters. The zero-order valence-electron chi connectivity index (χ0n) is 21.0. The molecule has 0 fully saturated rings. The van der Waals surface area contributed by atoms with E-state index >= 15 is 0 Å². The van der Waals surface area contributed by atoms with E-state index in [9.17, 15) is 15.0 Å². The van der Waals surface area contributed by atoms with Crippen molar-refractivity contribution < 1.29 is 15.0 Å². The summed E-state index contributed by atoms with van der Waals surface area (Å²) in [6.45, 7) is 9.22. The number of aliphatic hydroxyl groups is 1. The number of anilines is 2. The summed E-state index contributed by atoms with van der Waals surface area (Å²) >= 11 is 0. The molecule has 5 nitrogen and oxygen atoms in total. The van der Waals surface area contributed by atoms with Crippen LogP contribution in [0.25, 0.3) is 0 Å². The van der Waals surface area contributed by atoms with E-state index in [1.807, 2.05) is 30.3 Å². The maximum absolute atomic E-state index is 11.5. The Morgan fingerprint density at radius 2 is 1.54 bits per heavy atom. The van der Waals surface area contributed by atoms with E-state index in [-0.39, 0.29) is 23.0 Å². The monoisotopic (exact) mass is 468 g/mol. The number of fused-ring (bicyclic) bond motifs is 3. The third-order valence-corrected chi connectivity index (χ3v) is 7.81. The molecule has 0 saturated carbocycles. The smallest absolute Gasteiger partial charge is 0.335 e. The molecule has 5 heteroatoms. The maximum Gasteiger partial charge on any atom is 0.335 e. The van der Waals surface area contributed by atoms with Crippen molar-refractivity contribution in [2.24, 2.45) is 4.99 Å². The quantitative estimate of drug-likeness (QED) is 0.462. The molecular formula is C30H32N2O3. The van der Waals surface area contributed by atoms with Gasteiger partial charge in [-0.15, -0.1) is 0 Å². The van der Waals surface area contributed by atoms with Crippen molar-refractivity contribution in [2.75, 3.05) is 11.9 Å². The molecule has 0 bridgehead atoms. The predicted octanol–water partition coefficient (Wildman–Crippen LogP) is 6.48. The van der Waals surface area contributed by atoms with Crippen LogP contribution in [0.15, 0.2) is 59.6 Å². The van der Waals surface area contributed by atoms with Crippen LogP contribution in [0.2, 0.25) is 0 Å². The largest absolute Gasteiger partial charge is 0.478 e. The molecule has 5 rings (SSSR count). The van der Waals surface area contributed by atoms with Gasteiger partial charge in [-0.05, 0) is 76.8 Å². The minimum Gasteiger partial charge on any atom is -0.478 e. The molecule has 180 valence electrons. The van der Waals surface area contributed by atoms with Gasteiger partial charge in [0, 0.05) is 18.2 Å². The van der Waals surface area contributed by atoms with E-state index in [1.54, 1.807) is 12.1 Å². The lowest BCUT2D eigenvalue weighted by molar-refractivity contribution is 0.0697. The highest BCUT2D eigenvalue weighted by Crippen LogP contribution is 2.50. The topological polar surface area (TPSA) is 73.1 Å². The summed E-state index contributed by atoms with van der Waals surface area (Å²) in [5.74, 6) is -0.949. The fraction of sp³-hybridized carbons (Fsp3) is 0.333. The summed E-state index contributed by atoms with van der Waals surface area (Å²) in [5, 5.41) is 19.1. The molecule has 1 aliphatic heterocycles. The fourth-order valence-electron chi connectivity index (χ4n) is 5.41. The van der Waals surface area contributed by atoms with Gasteiger partial charge in [0.25, 0.3) is 0 Å². The summed E-state index contributed by atoms with van der Waals surface area (Å²) in [4.78, 5) is 18.8. The second kappa shape index (κ2) is 8.06. The van der Waals surface area contributed by atoms with Crippen molar-refractivity contribution >= 4 is 28.7 Å². The Morgan fingerprint density at radius 1 is 0.914 bits per heavy atom. The number of aliphatic imine (C=N–C) groups is 1. The molecule has 0 spiro atoms. The van der Waals surface area contributed by atoms with Crippen molar-refractivity contribution in [1.82, 2.24) is 0 Å². The van der Waals surface area contributed by atoms with Gasteiger partial charge in [0.15, 0.2) is 0 Å². The number of carboxylic acids is 1. The minimum atomic E-state index is -0.949. The number of carbonyl (C=O) groups is 1. The average Bonchev–Trinajstić information content (AvgIpc) is 2.95. The zero-order valence-corrected chi connectivity index (χ0v) is 21.0. The van der Waals surface area contributed by atoms with Crippen molar-refractivity contribution in [1.29, 1.82) is 0 Å². The van der Waals surface area contributed by atoms with Crippen LogP contribution in [0.5, 0.6) is 0 Å². The molecule has 35 heavy (non-hydrogen) atoms. The molecule has 0 aromatic heterocycles. The van der Waals surface area contributed by atoms with Crippen molar-refractivity contribution in [2.45, 2.75) is 58.0 Å². The summed E-state index contributed by atoms with van der Waals surface area (Å²) in [6.07, 6.45) is 2.24. The Balaban J connectivity index is 1.82. The van der Waals surface area contributed by atoms with Gasteiger partial charge in [-0.2, -0.15) is 0 Å². The first-order chi connectivity index (χ1) is 16.5. The highest BCUT2D eigenvalue weighted by molar-refractivity contribution is 6.19. The Kier molecular flexibility index (Phi) is 5.37. The molecule has 0 amide bonds. The second-order valence-corrected chi connectivity index (χ2v) is 11.1. The Hall–Kier alpha value is -3.44. The standard InChI is InChI=1S/C30H32N2O3/c1-29(2)12-13-30(3,4)23-16-26-21(15-22(23)29)27(19-7-9-20(10-8-19)28(34)35)31-24-14-18(17-33)6-11-25(24)32(26)5/h6-11,14-16,33H,12-13,17H2,1-5H3,(H,34,35). The lowest BCUT2D eigenvalue weighted by Crippen LogP contribution is -2.34. The lowest BCUT2D eigenvalue weighted by Gasteiger charge is -2.43. The van der Waals surface area contributed by atoms with E-state index in [0.717, 1.165) is 52.3 Å². The molecule has 0 atom stereocenters. The van der Waals surface area contributed by atoms with Gasteiger partial charge in [-0.3, -0.25) is 0 Å². The number of aliphatic hydroxyl groups excluding tert-OH is 1. The zero-order chi connectivity index (χ0) is 25.1. The van der Waals surface area contributed by atoms with Gasteiger partial charge in [-0.1, -0.05) is 45.9 Å². The van der Waals surface area contributed by atoms with Gasteiger partial charge in [-0.25, -0.2) is 9.79 Å². The van der Waals surface area contributed by atoms with Crippen molar-refractivity contribution in [3.8, 4) is 0 Å². The third-order valence-electron chi connectivity index (χ3n) is 7.81. The first kappa shape index (κ1) is 23.3. The number of hydrogen-bond acceptors (Lipinski definition) is 4. The summed E-state index contributed by atoms with van der Waals surface area (Å²) < 4.78 is 0. The maximum atomic E-state index is 11.5. The van der Waals surface area contributed by atoms with Gasteiger partial charge in [0.05, 0.1) is 34.9 Å². The number of nitrogens with zero attached hydrogens (tertiary/aromatic N) is 2. The second-order valence-electron chi connectivity index (χ2n) is 11.1. The number of benzene rings is 3. The van der Waals surface area contributed by atoms with Crippen LogP contribution >= 0.6 is 0 Å². The Morgan fingerprint density at radius 3 is 2.14 bits per heavy atom. The van der Waals surface area contributed by atoms with Crippen molar-refractivity contribution in [3.05, 3.63) is 88.0 Å². The number of carboxylic acid groups (broad SMARTS) is 1. The average molecular weight is 469 g/mol. The summed E-state index contributed by atoms with van der Waals surface area (Å²) in [5.41, 5.74) is 9.39. The molecule has 2 N–H and O–H groups in total. The van der Waals surface area contributed by atoms with Crippen LogP contribution in [0.3, 0.4) is 0 Å². The molecule has 1 heterocycles. The van der Waals surface area contributed by atoms with Crippen LogP contribution in [0.4, 0.5) is 17.1 Å². The van der Waals surface area contributed by atoms with Crippen LogP contribution in [0.1, 0.15) is 78.7 Å². The lowest BCUT2D eigenvalue weighted by atomic mass is 9.62. The Labute approximate surface area is 206 Å². The normalized spacial score (nSPS) is 17.5. The molecule has 3 aromatic carbocycles. The van der Waals surface area contributed by atoms with E-state index in [2.05, 4.69) is 51.8 Å². The van der Waals surface area contributed by atoms with Gasteiger partial charge in [0.2, 0.25) is 0 Å². The number of hydrogen-bond donors (Lipinski definition) is 2. The molecular weight excluding hydrogens is 436 g/mol. The van der Waals surface area contributed by atoms with Gasteiger partial charge >= 0.3 is 5.97 Å². The van der Waals surface area contributed by atoms with Crippen LogP contribution < -0.4 is 4.90 Å². The Bertz CT molecular complexity index is 1370. The minimum absolute atomic E-state index is 0.0416. The molecule has 1 aliphatic carbocycles. The van der Waals surface area contributed by atoms with Gasteiger partial charge < -0.3 is 15.1 Å². The van der Waals surface area contributed by atoms with E-state index in [0.29, 0.717) is 0 Å². The summed E-state index contributed by atoms with van der Waals surface area (Å²) in [6, 6.07) is 17.4. The van der Waals surface area contributed by atoms with E-state index in [1.165, 1.54) is 11.1 Å².